The number of nitro benzene ring substituents is 1. The van der Waals surface area contributed by atoms with E-state index in [0.29, 0.717) is 30.1 Å². The molecule has 1 aromatic rings. The Balaban J connectivity index is 2.06. The van der Waals surface area contributed by atoms with Gasteiger partial charge in [0.25, 0.3) is 11.6 Å². The molecule has 1 amide bonds. The fourth-order valence-electron chi connectivity index (χ4n) is 2.33. The monoisotopic (exact) mass is 396 g/mol. The van der Waals surface area contributed by atoms with E-state index in [1.54, 1.807) is 0 Å². The molecule has 0 radical (unpaired) electrons. The number of aliphatic carboxylic acids is 1. The normalized spacial score (nSPS) is 15.7. The van der Waals surface area contributed by atoms with E-state index >= 15 is 0 Å². The number of rotatable bonds is 8. The molecule has 0 saturated carbocycles. The molecule has 138 valence electrons. The summed E-state index contributed by atoms with van der Waals surface area (Å²) in [6.45, 7) is 0.378. The number of benzene rings is 1. The van der Waals surface area contributed by atoms with Crippen LogP contribution in [0.2, 0.25) is 0 Å². The third-order valence-corrected chi connectivity index (χ3v) is 5.03. The van der Waals surface area contributed by atoms with Gasteiger partial charge in [-0.25, -0.2) is 0 Å². The van der Waals surface area contributed by atoms with Crippen molar-refractivity contribution in [2.45, 2.75) is 25.7 Å². The molecule has 2 rings (SSSR count). The number of phenolic OH excluding ortho intramolecular Hbond substituents is 1. The molecule has 8 nitrogen and oxygen atoms in total. The standard InChI is InChI=1S/C16H16N2O6S2/c19-12-6-5-11(18(23)24)8-10(12)9-13-15(22)17(16(25)26-13)7-3-1-2-4-14(20)21/h5-6,8-9,19H,1-4,7H2,(H,20,21). The Hall–Kier alpha value is -2.46. The summed E-state index contributed by atoms with van der Waals surface area (Å²) in [5.74, 6) is -1.35. The van der Waals surface area contributed by atoms with Crippen LogP contribution in [-0.4, -0.2) is 42.8 Å². The largest absolute Gasteiger partial charge is 0.507 e. The number of amides is 1. The summed E-state index contributed by atoms with van der Waals surface area (Å²) in [6, 6.07) is 3.57. The quantitative estimate of drug-likeness (QED) is 0.226. The lowest BCUT2D eigenvalue weighted by Crippen LogP contribution is -2.29. The zero-order valence-corrected chi connectivity index (χ0v) is 15.2. The van der Waals surface area contributed by atoms with E-state index in [4.69, 9.17) is 17.3 Å². The summed E-state index contributed by atoms with van der Waals surface area (Å²) in [4.78, 5) is 34.9. The van der Waals surface area contributed by atoms with Gasteiger partial charge in [-0.1, -0.05) is 30.4 Å². The first kappa shape index (κ1) is 19.9. The Morgan fingerprint density at radius 2 is 2.08 bits per heavy atom. The van der Waals surface area contributed by atoms with Crippen LogP contribution in [-0.2, 0) is 9.59 Å². The van der Waals surface area contributed by atoms with E-state index in [-0.39, 0.29) is 34.2 Å². The van der Waals surface area contributed by atoms with Crippen LogP contribution in [0.5, 0.6) is 5.75 Å². The summed E-state index contributed by atoms with van der Waals surface area (Å²) in [5, 5.41) is 29.3. The van der Waals surface area contributed by atoms with Crippen LogP contribution in [0, 0.1) is 10.1 Å². The number of aromatic hydroxyl groups is 1. The number of unbranched alkanes of at least 4 members (excludes halogenated alkanes) is 2. The maximum Gasteiger partial charge on any atom is 0.303 e. The maximum absolute atomic E-state index is 12.5. The number of non-ortho nitro benzene ring substituents is 1. The van der Waals surface area contributed by atoms with Gasteiger partial charge in [-0.2, -0.15) is 0 Å². The fraction of sp³-hybridized carbons (Fsp3) is 0.312. The molecule has 1 saturated heterocycles. The molecule has 0 unspecified atom stereocenters. The van der Waals surface area contributed by atoms with Gasteiger partial charge in [0.2, 0.25) is 0 Å². The van der Waals surface area contributed by atoms with Crippen molar-refractivity contribution in [3.05, 3.63) is 38.8 Å². The fourth-order valence-corrected chi connectivity index (χ4v) is 3.63. The molecule has 1 aromatic carbocycles. The zero-order chi connectivity index (χ0) is 19.3. The highest BCUT2D eigenvalue weighted by atomic mass is 32.2. The van der Waals surface area contributed by atoms with Gasteiger partial charge in [0.1, 0.15) is 10.1 Å². The smallest absolute Gasteiger partial charge is 0.303 e. The minimum Gasteiger partial charge on any atom is -0.507 e. The van der Waals surface area contributed by atoms with Crippen LogP contribution < -0.4 is 0 Å². The molecule has 2 N–H and O–H groups in total. The van der Waals surface area contributed by atoms with Crippen LogP contribution in [0.15, 0.2) is 23.1 Å². The van der Waals surface area contributed by atoms with E-state index in [1.807, 2.05) is 0 Å². The highest BCUT2D eigenvalue weighted by Gasteiger charge is 2.31. The first-order valence-electron chi connectivity index (χ1n) is 7.74. The summed E-state index contributed by atoms with van der Waals surface area (Å²) >= 11 is 6.26. The van der Waals surface area contributed by atoms with Gasteiger partial charge in [0, 0.05) is 30.7 Å². The number of phenols is 1. The molecule has 0 spiro atoms. The van der Waals surface area contributed by atoms with Crippen molar-refractivity contribution in [1.29, 1.82) is 0 Å². The van der Waals surface area contributed by atoms with Crippen LogP contribution in [0.3, 0.4) is 0 Å². The number of nitro groups is 1. The van der Waals surface area contributed by atoms with Crippen LogP contribution >= 0.6 is 24.0 Å². The number of nitrogens with zero attached hydrogens (tertiary/aromatic N) is 2. The third kappa shape index (κ3) is 5.02. The number of hydrogen-bond donors (Lipinski definition) is 2. The van der Waals surface area contributed by atoms with E-state index in [0.717, 1.165) is 11.8 Å². The lowest BCUT2D eigenvalue weighted by Gasteiger charge is -2.13. The molecule has 1 aliphatic heterocycles. The molecule has 1 fully saturated rings. The zero-order valence-electron chi connectivity index (χ0n) is 13.6. The van der Waals surface area contributed by atoms with Gasteiger partial charge >= 0.3 is 5.97 Å². The third-order valence-electron chi connectivity index (χ3n) is 3.65. The first-order chi connectivity index (χ1) is 12.3. The molecular formula is C16H16N2O6S2. The number of thiocarbonyl (C=S) groups is 1. The van der Waals surface area contributed by atoms with Crippen molar-refractivity contribution in [2.24, 2.45) is 0 Å². The van der Waals surface area contributed by atoms with Gasteiger partial charge < -0.3 is 10.2 Å². The van der Waals surface area contributed by atoms with Crippen molar-refractivity contribution in [3.8, 4) is 5.75 Å². The Kier molecular flexibility index (Phi) is 6.70. The van der Waals surface area contributed by atoms with Crippen LogP contribution in [0.4, 0.5) is 5.69 Å². The van der Waals surface area contributed by atoms with E-state index < -0.39 is 10.9 Å². The summed E-state index contributed by atoms with van der Waals surface area (Å²) < 4.78 is 0.365. The maximum atomic E-state index is 12.5. The molecule has 1 heterocycles. The van der Waals surface area contributed by atoms with E-state index in [1.165, 1.54) is 29.2 Å². The topological polar surface area (TPSA) is 121 Å². The van der Waals surface area contributed by atoms with Gasteiger partial charge in [0.05, 0.1) is 9.83 Å². The molecule has 26 heavy (non-hydrogen) atoms. The van der Waals surface area contributed by atoms with Crippen molar-refractivity contribution in [1.82, 2.24) is 4.90 Å². The summed E-state index contributed by atoms with van der Waals surface area (Å²) in [6.07, 6.45) is 3.28. The predicted molar refractivity (Wildman–Crippen MR) is 101 cm³/mol. The molecular weight excluding hydrogens is 380 g/mol. The summed E-state index contributed by atoms with van der Waals surface area (Å²) in [5.41, 5.74) is -0.0240. The Labute approximate surface area is 158 Å². The molecule has 10 heteroatoms. The van der Waals surface area contributed by atoms with Gasteiger partial charge in [-0.3, -0.25) is 24.6 Å². The summed E-state index contributed by atoms with van der Waals surface area (Å²) in [7, 11) is 0. The van der Waals surface area contributed by atoms with Gasteiger partial charge in [-0.05, 0) is 25.0 Å². The number of thioether (sulfide) groups is 1. The number of carboxylic acid groups (broad SMARTS) is 1. The van der Waals surface area contributed by atoms with E-state index in [2.05, 4.69) is 0 Å². The second kappa shape index (κ2) is 8.77. The van der Waals surface area contributed by atoms with E-state index in [9.17, 15) is 24.8 Å². The Bertz CT molecular complexity index is 793. The van der Waals surface area contributed by atoms with Crippen molar-refractivity contribution in [3.63, 3.8) is 0 Å². The first-order valence-corrected chi connectivity index (χ1v) is 8.96. The molecule has 0 aromatic heterocycles. The lowest BCUT2D eigenvalue weighted by atomic mass is 10.1. The minimum atomic E-state index is -0.852. The number of hydrogen-bond acceptors (Lipinski definition) is 7. The second-order valence-corrected chi connectivity index (χ2v) is 7.21. The number of carbonyl (C=O) groups is 2. The van der Waals surface area contributed by atoms with Crippen molar-refractivity contribution >= 4 is 51.9 Å². The molecule has 0 aliphatic carbocycles. The van der Waals surface area contributed by atoms with Crippen molar-refractivity contribution < 1.29 is 24.7 Å². The Morgan fingerprint density at radius 1 is 1.35 bits per heavy atom. The minimum absolute atomic E-state index is 0.0877. The molecule has 1 aliphatic rings. The second-order valence-electron chi connectivity index (χ2n) is 5.54. The average molecular weight is 396 g/mol. The van der Waals surface area contributed by atoms with Crippen LogP contribution in [0.25, 0.3) is 6.08 Å². The molecule has 0 atom stereocenters. The highest BCUT2D eigenvalue weighted by Crippen LogP contribution is 2.35. The van der Waals surface area contributed by atoms with Crippen LogP contribution in [0.1, 0.15) is 31.2 Å². The molecule has 0 bridgehead atoms. The Morgan fingerprint density at radius 3 is 2.73 bits per heavy atom. The highest BCUT2D eigenvalue weighted by molar-refractivity contribution is 8.26. The van der Waals surface area contributed by atoms with Crippen molar-refractivity contribution in [2.75, 3.05) is 6.54 Å². The SMILES string of the molecule is O=C(O)CCCCCN1C(=O)C(=Cc2cc([N+](=O)[O-])ccc2O)SC1=S. The van der Waals surface area contributed by atoms with Gasteiger partial charge in [-0.15, -0.1) is 0 Å². The van der Waals surface area contributed by atoms with Gasteiger partial charge in [0.15, 0.2) is 0 Å². The predicted octanol–water partition coefficient (Wildman–Crippen LogP) is 3.15. The number of carboxylic acids is 1. The number of carbonyl (C=O) groups excluding carboxylic acids is 1. The average Bonchev–Trinajstić information content (AvgIpc) is 2.83. The lowest BCUT2D eigenvalue weighted by molar-refractivity contribution is -0.384.